The third-order valence-corrected chi connectivity index (χ3v) is 6.24. The first kappa shape index (κ1) is 19.9. The number of carbonyl (C=O) groups excluding carboxylic acids is 1. The standard InChI is InChI=1S/C16H18Cl2N4O4S/c17-11-9-12(18)15(21-10-11)19-5-6-20-16(23)13-3-4-14(26-13)27(24,25)22-7-1-2-8-22/h3-4,9-10H,1-2,5-8H2,(H,19,21)(H,20,23). The Morgan fingerprint density at radius 3 is 2.67 bits per heavy atom. The van der Waals surface area contributed by atoms with Crippen LogP contribution in [-0.2, 0) is 10.0 Å². The second-order valence-corrected chi connectivity index (χ2v) is 8.61. The number of pyridine rings is 1. The van der Waals surface area contributed by atoms with Crippen LogP contribution in [0.5, 0.6) is 0 Å². The summed E-state index contributed by atoms with van der Waals surface area (Å²) in [6.45, 7) is 1.56. The third kappa shape index (κ3) is 4.73. The molecule has 146 valence electrons. The Balaban J connectivity index is 1.52. The van der Waals surface area contributed by atoms with Gasteiger partial charge in [-0.25, -0.2) is 13.4 Å². The van der Waals surface area contributed by atoms with Gasteiger partial charge in [0.25, 0.3) is 15.9 Å². The van der Waals surface area contributed by atoms with Crippen LogP contribution in [0.1, 0.15) is 23.4 Å². The fourth-order valence-electron chi connectivity index (χ4n) is 2.63. The van der Waals surface area contributed by atoms with Gasteiger partial charge in [0.15, 0.2) is 5.76 Å². The summed E-state index contributed by atoms with van der Waals surface area (Å²) in [4.78, 5) is 16.2. The number of halogens is 2. The van der Waals surface area contributed by atoms with Gasteiger partial charge in [0.2, 0.25) is 5.09 Å². The number of carbonyl (C=O) groups is 1. The summed E-state index contributed by atoms with van der Waals surface area (Å²) in [7, 11) is -3.68. The molecule has 1 aliphatic rings. The molecule has 1 aliphatic heterocycles. The number of aromatic nitrogens is 1. The lowest BCUT2D eigenvalue weighted by molar-refractivity contribution is 0.0922. The topological polar surface area (TPSA) is 105 Å². The Morgan fingerprint density at radius 1 is 1.22 bits per heavy atom. The molecule has 8 nitrogen and oxygen atoms in total. The van der Waals surface area contributed by atoms with Crippen molar-refractivity contribution in [1.29, 1.82) is 0 Å². The van der Waals surface area contributed by atoms with Crippen LogP contribution in [0.25, 0.3) is 0 Å². The smallest absolute Gasteiger partial charge is 0.287 e. The van der Waals surface area contributed by atoms with Crippen molar-refractivity contribution in [3.05, 3.63) is 40.2 Å². The minimum Gasteiger partial charge on any atom is -0.438 e. The Morgan fingerprint density at radius 2 is 1.96 bits per heavy atom. The maximum Gasteiger partial charge on any atom is 0.287 e. The first-order valence-electron chi connectivity index (χ1n) is 8.31. The molecule has 3 rings (SSSR count). The van der Waals surface area contributed by atoms with Crippen molar-refractivity contribution in [2.45, 2.75) is 17.9 Å². The molecule has 0 atom stereocenters. The molecular weight excluding hydrogens is 415 g/mol. The van der Waals surface area contributed by atoms with Crippen molar-refractivity contribution >= 4 is 45.0 Å². The van der Waals surface area contributed by atoms with Crippen LogP contribution in [0.2, 0.25) is 10.0 Å². The molecule has 2 aromatic rings. The van der Waals surface area contributed by atoms with Gasteiger partial charge in [0.05, 0.1) is 10.0 Å². The molecule has 2 aromatic heterocycles. The summed E-state index contributed by atoms with van der Waals surface area (Å²) in [6.07, 6.45) is 3.11. The molecule has 11 heteroatoms. The van der Waals surface area contributed by atoms with Gasteiger partial charge in [-0.05, 0) is 31.0 Å². The van der Waals surface area contributed by atoms with Gasteiger partial charge in [0.1, 0.15) is 5.82 Å². The molecule has 0 aliphatic carbocycles. The molecule has 1 amide bonds. The lowest BCUT2D eigenvalue weighted by atomic mass is 10.4. The quantitative estimate of drug-likeness (QED) is 0.651. The van der Waals surface area contributed by atoms with Gasteiger partial charge in [-0.15, -0.1) is 0 Å². The van der Waals surface area contributed by atoms with Gasteiger partial charge < -0.3 is 15.1 Å². The molecule has 0 unspecified atom stereocenters. The molecule has 0 saturated carbocycles. The summed E-state index contributed by atoms with van der Waals surface area (Å²) in [5, 5.41) is 6.18. The minimum absolute atomic E-state index is 0.0598. The SMILES string of the molecule is O=C(NCCNc1ncc(Cl)cc1Cl)c1ccc(S(=O)(=O)N2CCCC2)o1. The number of hydrogen-bond donors (Lipinski definition) is 2. The van der Waals surface area contributed by atoms with Crippen molar-refractivity contribution in [3.63, 3.8) is 0 Å². The number of sulfonamides is 1. The molecular formula is C16H18Cl2N4O4S. The zero-order valence-electron chi connectivity index (χ0n) is 14.2. The van der Waals surface area contributed by atoms with Gasteiger partial charge >= 0.3 is 0 Å². The maximum atomic E-state index is 12.4. The number of nitrogens with zero attached hydrogens (tertiary/aromatic N) is 2. The zero-order chi connectivity index (χ0) is 19.4. The summed E-state index contributed by atoms with van der Waals surface area (Å²) < 4.78 is 31.4. The van der Waals surface area contributed by atoms with Crippen LogP contribution < -0.4 is 10.6 Å². The Kier molecular flexibility index (Phi) is 6.25. The molecule has 1 fully saturated rings. The van der Waals surface area contributed by atoms with Crippen LogP contribution in [0.15, 0.2) is 33.9 Å². The summed E-state index contributed by atoms with van der Waals surface area (Å²) in [6, 6.07) is 4.21. The van der Waals surface area contributed by atoms with Crippen LogP contribution in [0.4, 0.5) is 5.82 Å². The minimum atomic E-state index is -3.68. The number of rotatable bonds is 7. The van der Waals surface area contributed by atoms with E-state index in [1.807, 2.05) is 0 Å². The molecule has 2 N–H and O–H groups in total. The number of nitrogens with one attached hydrogen (secondary N) is 2. The van der Waals surface area contributed by atoms with Crippen LogP contribution >= 0.6 is 23.2 Å². The molecule has 27 heavy (non-hydrogen) atoms. The van der Waals surface area contributed by atoms with Crippen molar-refractivity contribution in [3.8, 4) is 0 Å². The van der Waals surface area contributed by atoms with E-state index in [2.05, 4.69) is 15.6 Å². The molecule has 0 spiro atoms. The fraction of sp³-hybridized carbons (Fsp3) is 0.375. The molecule has 3 heterocycles. The third-order valence-electron chi connectivity index (χ3n) is 3.98. The largest absolute Gasteiger partial charge is 0.438 e. The van der Waals surface area contributed by atoms with Crippen molar-refractivity contribution in [2.75, 3.05) is 31.5 Å². The average molecular weight is 433 g/mol. The first-order chi connectivity index (χ1) is 12.9. The van der Waals surface area contributed by atoms with Crippen LogP contribution in [-0.4, -0.2) is 49.8 Å². The van der Waals surface area contributed by atoms with E-state index in [1.54, 1.807) is 6.07 Å². The lowest BCUT2D eigenvalue weighted by Gasteiger charge is -2.12. The Labute approximate surface area is 166 Å². The fourth-order valence-corrected chi connectivity index (χ4v) is 4.50. The molecule has 0 aromatic carbocycles. The van der Waals surface area contributed by atoms with E-state index in [0.29, 0.717) is 35.5 Å². The Bertz CT molecular complexity index is 926. The predicted octanol–water partition coefficient (Wildman–Crippen LogP) is 2.61. The van der Waals surface area contributed by atoms with Gasteiger partial charge in [0, 0.05) is 32.4 Å². The van der Waals surface area contributed by atoms with Crippen molar-refractivity contribution in [1.82, 2.24) is 14.6 Å². The van der Waals surface area contributed by atoms with Crippen molar-refractivity contribution in [2.24, 2.45) is 0 Å². The highest BCUT2D eigenvalue weighted by molar-refractivity contribution is 7.89. The number of amides is 1. The van der Waals surface area contributed by atoms with E-state index in [-0.39, 0.29) is 17.4 Å². The highest BCUT2D eigenvalue weighted by Gasteiger charge is 2.30. The molecule has 0 bridgehead atoms. The Hall–Kier alpha value is -1.81. The highest BCUT2D eigenvalue weighted by Crippen LogP contribution is 2.23. The molecule has 0 radical (unpaired) electrons. The summed E-state index contributed by atoms with van der Waals surface area (Å²) >= 11 is 11.8. The van der Waals surface area contributed by atoms with Crippen LogP contribution in [0, 0.1) is 0 Å². The zero-order valence-corrected chi connectivity index (χ0v) is 16.6. The van der Waals surface area contributed by atoms with E-state index in [1.165, 1.54) is 22.6 Å². The maximum absolute atomic E-state index is 12.4. The van der Waals surface area contributed by atoms with E-state index in [9.17, 15) is 13.2 Å². The molecule has 1 saturated heterocycles. The van der Waals surface area contributed by atoms with Gasteiger partial charge in [-0.1, -0.05) is 23.2 Å². The van der Waals surface area contributed by atoms with Crippen LogP contribution in [0.3, 0.4) is 0 Å². The highest BCUT2D eigenvalue weighted by atomic mass is 35.5. The van der Waals surface area contributed by atoms with E-state index < -0.39 is 15.9 Å². The van der Waals surface area contributed by atoms with Gasteiger partial charge in [-0.3, -0.25) is 4.79 Å². The van der Waals surface area contributed by atoms with E-state index in [0.717, 1.165) is 12.8 Å². The van der Waals surface area contributed by atoms with Crippen molar-refractivity contribution < 1.29 is 17.6 Å². The number of hydrogen-bond acceptors (Lipinski definition) is 6. The second kappa shape index (κ2) is 8.47. The predicted molar refractivity (Wildman–Crippen MR) is 102 cm³/mol. The summed E-state index contributed by atoms with van der Waals surface area (Å²) in [5.41, 5.74) is 0. The lowest BCUT2D eigenvalue weighted by Crippen LogP contribution is -2.29. The number of anilines is 1. The van der Waals surface area contributed by atoms with E-state index in [4.69, 9.17) is 27.6 Å². The average Bonchev–Trinajstić information content (AvgIpc) is 3.32. The number of furan rings is 1. The van der Waals surface area contributed by atoms with E-state index >= 15 is 0 Å². The normalized spacial score (nSPS) is 15.0. The monoisotopic (exact) mass is 432 g/mol. The first-order valence-corrected chi connectivity index (χ1v) is 10.5. The second-order valence-electron chi connectivity index (χ2n) is 5.90. The summed E-state index contributed by atoms with van der Waals surface area (Å²) in [5.74, 6) is -0.113. The van der Waals surface area contributed by atoms with Gasteiger partial charge in [-0.2, -0.15) is 4.31 Å².